The predicted molar refractivity (Wildman–Crippen MR) is 224 cm³/mol. The summed E-state index contributed by atoms with van der Waals surface area (Å²) < 4.78 is 99.7. The lowest BCUT2D eigenvalue weighted by Crippen LogP contribution is -2.45. The van der Waals surface area contributed by atoms with Crippen LogP contribution in [0.5, 0.6) is 0 Å². The van der Waals surface area contributed by atoms with Gasteiger partial charge in [-0.25, -0.2) is 46.8 Å². The van der Waals surface area contributed by atoms with Crippen LogP contribution >= 0.6 is 0 Å². The van der Waals surface area contributed by atoms with E-state index in [0.29, 0.717) is 24.4 Å². The number of aliphatic hydroxyl groups excluding tert-OH is 1. The quantitative estimate of drug-likeness (QED) is 0.198. The van der Waals surface area contributed by atoms with Crippen molar-refractivity contribution in [3.8, 4) is 0 Å². The standard InChI is InChI=1S/C23H27F2N5O5.C19H22F4N4O5/c1-14(31)3-4-18-13-29(23(33)34-18)17-11-19(24)22(20(25)12-17)28-6-5-26-30(8-7-28)21(32)10-16-9-15(2)35-27-16;20-13-7-11(26-9-12(32-19(26)31)1-2-15(29)18(22)23)8-14(21)17(13)25-4-3-24-27(6-5-25)16(30)10-28/h9,11-12,18,26H,3-8,10,13H2,1-2H3;7-8,12,18,24,28H,1-6,9-10H2/t18-;12-/m00/s1. The number of alkyl halides is 2. The highest BCUT2D eigenvalue weighted by molar-refractivity contribution is 5.91. The van der Waals surface area contributed by atoms with Gasteiger partial charge in [-0.2, -0.15) is 0 Å². The Morgan fingerprint density at radius 1 is 0.716 bits per heavy atom. The number of anilines is 4. The van der Waals surface area contributed by atoms with Gasteiger partial charge in [0.1, 0.15) is 41.7 Å². The molecular formula is C42H49F6N9O10. The van der Waals surface area contributed by atoms with Gasteiger partial charge in [-0.3, -0.25) is 34.2 Å². The van der Waals surface area contributed by atoms with Crippen molar-refractivity contribution in [2.45, 2.75) is 64.6 Å². The Kier molecular flexibility index (Phi) is 16.7. The van der Waals surface area contributed by atoms with E-state index in [9.17, 15) is 46.3 Å². The number of benzene rings is 2. The van der Waals surface area contributed by atoms with E-state index >= 15 is 8.78 Å². The van der Waals surface area contributed by atoms with Crippen LogP contribution in [0.15, 0.2) is 34.9 Å². The molecule has 2 aromatic carbocycles. The number of aryl methyl sites for hydroxylation is 1. The molecule has 1 aromatic heterocycles. The van der Waals surface area contributed by atoms with Crippen LogP contribution in [0.4, 0.5) is 58.7 Å². The van der Waals surface area contributed by atoms with Crippen molar-refractivity contribution in [1.29, 1.82) is 0 Å². The lowest BCUT2D eigenvalue weighted by molar-refractivity contribution is -0.137. The summed E-state index contributed by atoms with van der Waals surface area (Å²) in [6, 6.07) is 5.79. The van der Waals surface area contributed by atoms with E-state index in [0.717, 1.165) is 34.1 Å². The summed E-state index contributed by atoms with van der Waals surface area (Å²) in [5.41, 5.74) is 5.63. The Morgan fingerprint density at radius 3 is 1.60 bits per heavy atom. The maximum absolute atomic E-state index is 15.1. The molecule has 19 nitrogen and oxygen atoms in total. The Labute approximate surface area is 379 Å². The van der Waals surface area contributed by atoms with Gasteiger partial charge in [0.15, 0.2) is 29.1 Å². The van der Waals surface area contributed by atoms with Crippen molar-refractivity contribution in [2.24, 2.45) is 0 Å². The fourth-order valence-corrected chi connectivity index (χ4v) is 7.74. The highest BCUT2D eigenvalue weighted by atomic mass is 19.3. The van der Waals surface area contributed by atoms with Gasteiger partial charge in [0.25, 0.3) is 12.3 Å². The summed E-state index contributed by atoms with van der Waals surface area (Å²) in [5, 5.41) is 15.4. The fraction of sp³-hybridized carbons (Fsp3) is 0.500. The molecule has 0 unspecified atom stereocenters. The molecule has 0 bridgehead atoms. The molecule has 25 heteroatoms. The maximum Gasteiger partial charge on any atom is 0.414 e. The van der Waals surface area contributed by atoms with Crippen LogP contribution in [0.1, 0.15) is 44.1 Å². The number of aliphatic hydroxyl groups is 1. The second-order valence-electron chi connectivity index (χ2n) is 15.9. The molecule has 3 N–H and O–H groups in total. The smallest absolute Gasteiger partial charge is 0.414 e. The molecule has 0 radical (unpaired) electrons. The molecule has 0 saturated carbocycles. The van der Waals surface area contributed by atoms with E-state index in [4.69, 9.17) is 19.1 Å². The number of Topliss-reactive ketones (excluding diaryl/α,β-unsaturated/α-hetero) is 2. The third-order valence-electron chi connectivity index (χ3n) is 11.1. The van der Waals surface area contributed by atoms with Crippen LogP contribution < -0.4 is 30.5 Å². The molecule has 3 aromatic rings. The van der Waals surface area contributed by atoms with Crippen molar-refractivity contribution >= 4 is 58.3 Å². The minimum Gasteiger partial charge on any atom is -0.444 e. The molecule has 2 atom stereocenters. The van der Waals surface area contributed by atoms with Crippen LogP contribution in [-0.4, -0.2) is 147 Å². The minimum absolute atomic E-state index is 0.0265. The topological polar surface area (TPSA) is 211 Å². The summed E-state index contributed by atoms with van der Waals surface area (Å²) in [4.78, 5) is 75.8. The molecular weight excluding hydrogens is 905 g/mol. The zero-order valence-electron chi connectivity index (χ0n) is 36.5. The molecule has 0 spiro atoms. The molecule has 5 heterocycles. The Hall–Kier alpha value is -6.47. The molecule has 7 rings (SSSR count). The van der Waals surface area contributed by atoms with Gasteiger partial charge in [-0.15, -0.1) is 0 Å². The lowest BCUT2D eigenvalue weighted by Gasteiger charge is -2.25. The molecule has 0 aliphatic carbocycles. The number of hydrogen-bond donors (Lipinski definition) is 3. The van der Waals surface area contributed by atoms with Gasteiger partial charge in [0.05, 0.1) is 49.7 Å². The van der Waals surface area contributed by atoms with Crippen molar-refractivity contribution in [2.75, 3.05) is 91.7 Å². The number of amides is 4. The summed E-state index contributed by atoms with van der Waals surface area (Å²) in [6.07, 6.45) is -6.04. The number of nitrogens with zero attached hydrogens (tertiary/aromatic N) is 7. The Morgan fingerprint density at radius 2 is 1.18 bits per heavy atom. The van der Waals surface area contributed by atoms with Crippen molar-refractivity contribution in [3.05, 3.63) is 65.1 Å². The number of nitrogens with one attached hydrogen (secondary N) is 2. The molecule has 4 aliphatic rings. The number of carbonyl (C=O) groups is 6. The van der Waals surface area contributed by atoms with E-state index in [1.165, 1.54) is 26.7 Å². The zero-order valence-corrected chi connectivity index (χ0v) is 36.5. The highest BCUT2D eigenvalue weighted by Crippen LogP contribution is 2.34. The van der Waals surface area contributed by atoms with E-state index in [2.05, 4.69) is 16.0 Å². The van der Waals surface area contributed by atoms with Gasteiger partial charge in [0.2, 0.25) is 5.91 Å². The molecule has 4 aliphatic heterocycles. The van der Waals surface area contributed by atoms with E-state index in [1.54, 1.807) is 13.0 Å². The predicted octanol–water partition coefficient (Wildman–Crippen LogP) is 3.40. The number of aromatic nitrogens is 1. The summed E-state index contributed by atoms with van der Waals surface area (Å²) in [7, 11) is 0. The number of hydrazine groups is 2. The minimum atomic E-state index is -3.11. The second-order valence-corrected chi connectivity index (χ2v) is 15.9. The largest absolute Gasteiger partial charge is 0.444 e. The Balaban J connectivity index is 0.000000222. The summed E-state index contributed by atoms with van der Waals surface area (Å²) >= 11 is 0. The SMILES string of the molecule is CC(=O)CC[C@H]1CN(c2cc(F)c(N3CCNN(C(=O)Cc4cc(C)on4)CC3)c(F)c2)C(=O)O1.O=C(CC[C@H]1CN(c2cc(F)c(N3CCNN(C(=O)CO)CC3)c(F)c2)C(=O)O1)C(F)F. The van der Waals surface area contributed by atoms with E-state index < -0.39 is 78.8 Å². The van der Waals surface area contributed by atoms with Crippen molar-refractivity contribution in [1.82, 2.24) is 26.0 Å². The first-order valence-corrected chi connectivity index (χ1v) is 21.3. The monoisotopic (exact) mass is 953 g/mol. The number of ketones is 2. The molecule has 4 amide bonds. The van der Waals surface area contributed by atoms with E-state index in [1.807, 2.05) is 0 Å². The van der Waals surface area contributed by atoms with Crippen LogP contribution in [0.25, 0.3) is 0 Å². The van der Waals surface area contributed by atoms with Gasteiger partial charge < -0.3 is 33.7 Å². The summed E-state index contributed by atoms with van der Waals surface area (Å²) in [6.45, 7) is 3.95. The highest BCUT2D eigenvalue weighted by Gasteiger charge is 2.36. The third-order valence-corrected chi connectivity index (χ3v) is 11.1. The van der Waals surface area contributed by atoms with Crippen LogP contribution in [0, 0.1) is 30.2 Å². The number of hydrogen-bond acceptors (Lipinski definition) is 15. The number of carbonyl (C=O) groups excluding carboxylic acids is 6. The number of rotatable bonds is 14. The number of halogens is 6. The van der Waals surface area contributed by atoms with Crippen molar-refractivity contribution in [3.63, 3.8) is 0 Å². The Bertz CT molecular complexity index is 2280. The third kappa shape index (κ3) is 12.7. The first-order chi connectivity index (χ1) is 31.9. The van der Waals surface area contributed by atoms with Crippen LogP contribution in [0.3, 0.4) is 0 Å². The number of cyclic esters (lactones) is 2. The first-order valence-electron chi connectivity index (χ1n) is 21.3. The summed E-state index contributed by atoms with van der Waals surface area (Å²) in [5.74, 6) is -5.02. The van der Waals surface area contributed by atoms with Crippen molar-refractivity contribution < 1.29 is 74.2 Å². The van der Waals surface area contributed by atoms with Gasteiger partial charge >= 0.3 is 12.2 Å². The lowest BCUT2D eigenvalue weighted by atomic mass is 10.1. The second kappa shape index (κ2) is 22.3. The molecule has 67 heavy (non-hydrogen) atoms. The molecule has 4 fully saturated rings. The maximum atomic E-state index is 15.1. The van der Waals surface area contributed by atoms with Gasteiger partial charge in [-0.1, -0.05) is 5.16 Å². The normalized spacial score (nSPS) is 19.0. The van der Waals surface area contributed by atoms with Crippen LogP contribution in [-0.2, 0) is 35.1 Å². The van der Waals surface area contributed by atoms with Crippen LogP contribution in [0.2, 0.25) is 0 Å². The molecule has 4 saturated heterocycles. The number of ether oxygens (including phenoxy) is 2. The first kappa shape index (κ1) is 50.0. The van der Waals surface area contributed by atoms with Gasteiger partial charge in [0, 0.05) is 82.4 Å². The fourth-order valence-electron chi connectivity index (χ4n) is 7.74. The average molecular weight is 954 g/mol. The van der Waals surface area contributed by atoms with Gasteiger partial charge in [-0.05, 0) is 26.7 Å². The van der Waals surface area contributed by atoms with E-state index in [-0.39, 0.29) is 113 Å². The zero-order chi connectivity index (χ0) is 48.5. The molecule has 364 valence electrons. The average Bonchev–Trinajstić information content (AvgIpc) is 3.84.